The van der Waals surface area contributed by atoms with Gasteiger partial charge in [-0.25, -0.2) is 18.2 Å². The van der Waals surface area contributed by atoms with Crippen molar-refractivity contribution in [3.05, 3.63) is 36.2 Å². The number of hydrogen-bond donors (Lipinski definition) is 0. The number of anilines is 1. The molecule has 0 amide bonds. The number of rotatable bonds is 8. The van der Waals surface area contributed by atoms with Gasteiger partial charge in [0.1, 0.15) is 23.9 Å². The molecule has 12 heteroatoms. The Kier molecular flexibility index (Phi) is 8.12. The van der Waals surface area contributed by atoms with Gasteiger partial charge >= 0.3 is 0 Å². The Balaban J connectivity index is 1.21. The number of carbonyl (C=O) groups is 1. The van der Waals surface area contributed by atoms with Crippen LogP contribution in [0.1, 0.15) is 50.8 Å². The Labute approximate surface area is 236 Å². The van der Waals surface area contributed by atoms with Crippen molar-refractivity contribution in [1.29, 1.82) is 0 Å². The number of nitrogens with zero attached hydrogens (tertiary/aromatic N) is 6. The van der Waals surface area contributed by atoms with E-state index in [2.05, 4.69) is 15.0 Å². The lowest BCUT2D eigenvalue weighted by Gasteiger charge is -2.30. The van der Waals surface area contributed by atoms with E-state index in [0.717, 1.165) is 25.7 Å². The summed E-state index contributed by atoms with van der Waals surface area (Å²) in [6.45, 7) is 2.51. The van der Waals surface area contributed by atoms with Crippen molar-refractivity contribution >= 4 is 22.8 Å². The second kappa shape index (κ2) is 11.9. The maximum atomic E-state index is 14.1. The van der Waals surface area contributed by atoms with Gasteiger partial charge in [-0.3, -0.25) is 14.3 Å². The number of alkyl halides is 3. The number of fused-ring (bicyclic) bond motifs is 1. The van der Waals surface area contributed by atoms with E-state index in [1.165, 1.54) is 4.57 Å². The summed E-state index contributed by atoms with van der Waals surface area (Å²) in [7, 11) is 1.81. The van der Waals surface area contributed by atoms with Crippen LogP contribution in [0.2, 0.25) is 0 Å². The minimum Gasteiger partial charge on any atom is -0.474 e. The Morgan fingerprint density at radius 2 is 1.85 bits per heavy atom. The third kappa shape index (κ3) is 6.04. The number of hydrogen-bond acceptors (Lipinski definition) is 8. The van der Waals surface area contributed by atoms with Gasteiger partial charge in [0.2, 0.25) is 11.8 Å². The standard InChI is InChI=1S/C29H35F3N6O3/c1-36-17-19(30)15-23(36)24(39)14-18-6-8-20(9-7-18)41-26-16-25(34-29(35-26)37-10-12-40-13-11-37)38-22-5-3-2-4-21(22)33-28(38)27(31)32/h2-5,16,18-20,23,27H,6-15,17H2,1H3/t18?,19-,20?,23-/m0/s1. The van der Waals surface area contributed by atoms with Gasteiger partial charge in [-0.1, -0.05) is 12.1 Å². The van der Waals surface area contributed by atoms with Crippen LogP contribution in [0.4, 0.5) is 19.1 Å². The predicted molar refractivity (Wildman–Crippen MR) is 147 cm³/mol. The molecule has 2 saturated heterocycles. The van der Waals surface area contributed by atoms with E-state index in [0.29, 0.717) is 62.1 Å². The molecule has 220 valence electrons. The minimum atomic E-state index is -2.80. The summed E-state index contributed by atoms with van der Waals surface area (Å²) in [5.74, 6) is 0.952. The zero-order valence-corrected chi connectivity index (χ0v) is 23.1. The first-order chi connectivity index (χ1) is 19.9. The molecule has 0 radical (unpaired) electrons. The van der Waals surface area contributed by atoms with Gasteiger partial charge in [0.05, 0.1) is 30.3 Å². The van der Waals surface area contributed by atoms with Crippen LogP contribution in [0.3, 0.4) is 0 Å². The van der Waals surface area contributed by atoms with Gasteiger partial charge in [-0.15, -0.1) is 0 Å². The normalized spacial score (nSPS) is 25.7. The highest BCUT2D eigenvalue weighted by Crippen LogP contribution is 2.33. The molecule has 9 nitrogen and oxygen atoms in total. The lowest BCUT2D eigenvalue weighted by atomic mass is 9.83. The average molecular weight is 573 g/mol. The van der Waals surface area contributed by atoms with E-state index < -0.39 is 12.6 Å². The topological polar surface area (TPSA) is 85.6 Å². The molecule has 0 N–H and O–H groups in total. The molecular weight excluding hydrogens is 537 g/mol. The van der Waals surface area contributed by atoms with Crippen LogP contribution < -0.4 is 9.64 Å². The van der Waals surface area contributed by atoms with Crippen molar-refractivity contribution in [2.75, 3.05) is 44.8 Å². The smallest absolute Gasteiger partial charge is 0.296 e. The molecule has 3 aliphatic rings. The molecule has 0 spiro atoms. The summed E-state index contributed by atoms with van der Waals surface area (Å²) >= 11 is 0. The summed E-state index contributed by atoms with van der Waals surface area (Å²) < 4.78 is 55.2. The fraction of sp³-hybridized carbons (Fsp3) is 0.586. The first-order valence-corrected chi connectivity index (χ1v) is 14.4. The van der Waals surface area contributed by atoms with Crippen molar-refractivity contribution in [1.82, 2.24) is 24.4 Å². The van der Waals surface area contributed by atoms with Gasteiger partial charge in [0, 0.05) is 38.5 Å². The van der Waals surface area contributed by atoms with Gasteiger partial charge in [0.15, 0.2) is 5.82 Å². The van der Waals surface area contributed by atoms with Gasteiger partial charge in [0.25, 0.3) is 6.43 Å². The van der Waals surface area contributed by atoms with Crippen molar-refractivity contribution in [2.24, 2.45) is 5.92 Å². The second-order valence-electron chi connectivity index (χ2n) is 11.3. The summed E-state index contributed by atoms with van der Waals surface area (Å²) in [6.07, 6.45) is 0.0108. The van der Waals surface area contributed by atoms with Crippen molar-refractivity contribution in [3.63, 3.8) is 0 Å². The zero-order valence-electron chi connectivity index (χ0n) is 23.1. The molecule has 1 aromatic carbocycles. The highest BCUT2D eigenvalue weighted by atomic mass is 19.3. The molecule has 2 aliphatic heterocycles. The second-order valence-corrected chi connectivity index (χ2v) is 11.3. The summed E-state index contributed by atoms with van der Waals surface area (Å²) in [5.41, 5.74) is 0.980. The van der Waals surface area contributed by atoms with Gasteiger partial charge < -0.3 is 14.4 Å². The summed E-state index contributed by atoms with van der Waals surface area (Å²) in [6, 6.07) is 8.25. The highest BCUT2D eigenvalue weighted by molar-refractivity contribution is 5.84. The maximum absolute atomic E-state index is 14.1. The number of morpholine rings is 1. The van der Waals surface area contributed by atoms with E-state index in [9.17, 15) is 18.0 Å². The lowest BCUT2D eigenvalue weighted by Crippen LogP contribution is -2.37. The number of ether oxygens (including phenoxy) is 2. The molecule has 6 rings (SSSR count). The first-order valence-electron chi connectivity index (χ1n) is 14.4. The molecule has 2 aromatic heterocycles. The number of imidazole rings is 1. The quantitative estimate of drug-likeness (QED) is 0.389. The van der Waals surface area contributed by atoms with Crippen LogP contribution in [-0.2, 0) is 9.53 Å². The third-order valence-electron chi connectivity index (χ3n) is 8.42. The molecule has 3 aromatic rings. The van der Waals surface area contributed by atoms with Gasteiger partial charge in [-0.2, -0.15) is 9.97 Å². The fourth-order valence-corrected chi connectivity index (χ4v) is 6.27. The zero-order chi connectivity index (χ0) is 28.5. The van der Waals surface area contributed by atoms with Crippen molar-refractivity contribution in [2.45, 2.75) is 63.3 Å². The molecule has 0 bridgehead atoms. The molecule has 2 atom stereocenters. The molecule has 1 saturated carbocycles. The molecule has 3 fully saturated rings. The number of Topliss-reactive ketones (excluding diaryl/α,β-unsaturated/α-hetero) is 1. The minimum absolute atomic E-state index is 0.120. The number of likely N-dealkylation sites (N-methyl/N-ethyl adjacent to an activating group) is 1. The molecule has 0 unspecified atom stereocenters. The van der Waals surface area contributed by atoms with E-state index >= 15 is 0 Å². The number of carbonyl (C=O) groups excluding carboxylic acids is 1. The van der Waals surface area contributed by atoms with Crippen LogP contribution in [-0.4, -0.2) is 88.4 Å². The van der Waals surface area contributed by atoms with E-state index in [1.54, 1.807) is 30.3 Å². The third-order valence-corrected chi connectivity index (χ3v) is 8.42. The number of ketones is 1. The maximum Gasteiger partial charge on any atom is 0.296 e. The first kappa shape index (κ1) is 27.9. The number of benzene rings is 1. The SMILES string of the molecule is CN1C[C@@H](F)C[C@H]1C(=O)CC1CCC(Oc2cc(-n3c(C(F)F)nc4ccccc43)nc(N3CCOCC3)n2)CC1. The lowest BCUT2D eigenvalue weighted by molar-refractivity contribution is -0.124. The van der Waals surface area contributed by atoms with E-state index in [4.69, 9.17) is 9.47 Å². The van der Waals surface area contributed by atoms with E-state index in [1.807, 2.05) is 16.8 Å². The molecule has 4 heterocycles. The highest BCUT2D eigenvalue weighted by Gasteiger charge is 2.36. The van der Waals surface area contributed by atoms with Crippen molar-refractivity contribution < 1.29 is 27.4 Å². The average Bonchev–Trinajstić information content (AvgIpc) is 3.54. The number of para-hydroxylation sites is 2. The summed E-state index contributed by atoms with van der Waals surface area (Å²) in [4.78, 5) is 30.1. The Bertz CT molecular complexity index is 1370. The Hall–Kier alpha value is -3.25. The number of halogens is 3. The molecule has 41 heavy (non-hydrogen) atoms. The number of aromatic nitrogens is 4. The molecular formula is C29H35F3N6O3. The fourth-order valence-electron chi connectivity index (χ4n) is 6.27. The van der Waals surface area contributed by atoms with Crippen LogP contribution >= 0.6 is 0 Å². The van der Waals surface area contributed by atoms with Crippen LogP contribution in [0.25, 0.3) is 16.9 Å². The van der Waals surface area contributed by atoms with Crippen LogP contribution in [0.15, 0.2) is 30.3 Å². The van der Waals surface area contributed by atoms with Crippen LogP contribution in [0, 0.1) is 5.92 Å². The Morgan fingerprint density at radius 3 is 2.56 bits per heavy atom. The molecule has 1 aliphatic carbocycles. The van der Waals surface area contributed by atoms with Gasteiger partial charge in [-0.05, 0) is 50.8 Å². The largest absolute Gasteiger partial charge is 0.474 e. The Morgan fingerprint density at radius 1 is 1.10 bits per heavy atom. The summed E-state index contributed by atoms with van der Waals surface area (Å²) in [5, 5.41) is 0. The van der Waals surface area contributed by atoms with E-state index in [-0.39, 0.29) is 41.9 Å². The van der Waals surface area contributed by atoms with Crippen molar-refractivity contribution in [3.8, 4) is 11.7 Å². The predicted octanol–water partition coefficient (Wildman–Crippen LogP) is 4.53. The monoisotopic (exact) mass is 572 g/mol. The number of likely N-dealkylation sites (tertiary alicyclic amines) is 1. The van der Waals surface area contributed by atoms with Crippen LogP contribution in [0.5, 0.6) is 5.88 Å².